The summed E-state index contributed by atoms with van der Waals surface area (Å²) in [6.45, 7) is 2.67. The molecule has 6 nitrogen and oxygen atoms in total. The molecule has 1 fully saturated rings. The third-order valence-corrected chi connectivity index (χ3v) is 8.02. The molecule has 3 N–H and O–H groups in total. The van der Waals surface area contributed by atoms with Gasteiger partial charge in [-0.1, -0.05) is 61.9 Å². The van der Waals surface area contributed by atoms with Gasteiger partial charge in [-0.05, 0) is 61.2 Å². The molecule has 3 aromatic rings. The summed E-state index contributed by atoms with van der Waals surface area (Å²) in [6.07, 6.45) is 1.41. The van der Waals surface area contributed by atoms with Crippen molar-refractivity contribution in [2.45, 2.75) is 57.9 Å². The van der Waals surface area contributed by atoms with E-state index in [4.69, 9.17) is 0 Å². The number of amides is 2. The van der Waals surface area contributed by atoms with Gasteiger partial charge in [0.2, 0.25) is 5.91 Å². The third kappa shape index (κ3) is 9.01. The number of anilines is 1. The number of halogens is 3. The van der Waals surface area contributed by atoms with Gasteiger partial charge in [0.15, 0.2) is 0 Å². The molecule has 4 rings (SSSR count). The predicted octanol–water partition coefficient (Wildman–Crippen LogP) is 6.92. The van der Waals surface area contributed by atoms with Crippen LogP contribution in [0, 0.1) is 12.8 Å². The molecule has 0 aliphatic heterocycles. The van der Waals surface area contributed by atoms with Crippen molar-refractivity contribution in [1.29, 1.82) is 0 Å². The highest BCUT2D eigenvalue weighted by Gasteiger charge is 2.31. The van der Waals surface area contributed by atoms with Crippen molar-refractivity contribution in [3.63, 3.8) is 0 Å². The van der Waals surface area contributed by atoms with Crippen molar-refractivity contribution in [2.75, 3.05) is 18.4 Å². The van der Waals surface area contributed by atoms with Crippen LogP contribution < -0.4 is 20.7 Å². The first-order valence-electron chi connectivity index (χ1n) is 13.5. The molecular formula is C30H34F3N3O3S. The number of carbonyl (C=O) groups is 2. The van der Waals surface area contributed by atoms with Gasteiger partial charge in [0.25, 0.3) is 5.91 Å². The van der Waals surface area contributed by atoms with Gasteiger partial charge in [-0.15, -0.1) is 24.5 Å². The monoisotopic (exact) mass is 573 g/mol. The Bertz CT molecular complexity index is 1270. The molecule has 1 atom stereocenters. The third-order valence-electron chi connectivity index (χ3n) is 6.89. The zero-order valence-corrected chi connectivity index (χ0v) is 23.2. The van der Waals surface area contributed by atoms with E-state index >= 15 is 0 Å². The van der Waals surface area contributed by atoms with E-state index in [0.717, 1.165) is 41.7 Å². The van der Waals surface area contributed by atoms with Crippen molar-refractivity contribution in [3.05, 3.63) is 71.1 Å². The number of hydrogen-bond donors (Lipinski definition) is 3. The average Bonchev–Trinajstić information content (AvgIpc) is 3.42. The van der Waals surface area contributed by atoms with Crippen LogP contribution in [0.5, 0.6) is 5.75 Å². The van der Waals surface area contributed by atoms with Gasteiger partial charge in [0.05, 0.1) is 4.88 Å². The Morgan fingerprint density at radius 1 is 1.00 bits per heavy atom. The maximum Gasteiger partial charge on any atom is 0.573 e. The Labute approximate surface area is 236 Å². The minimum absolute atomic E-state index is 0.245. The zero-order valence-electron chi connectivity index (χ0n) is 22.4. The quantitative estimate of drug-likeness (QED) is 0.218. The zero-order chi connectivity index (χ0) is 28.5. The largest absolute Gasteiger partial charge is 0.573 e. The molecule has 0 saturated heterocycles. The number of nitrogens with one attached hydrogen (secondary N) is 3. The standard InChI is InChI=1S/C30H34F3N3O3S/c1-20-6-5-9-22(18-20)26-14-15-27(40-26)29(38)36-25(19-21-7-3-2-4-8-21)28(37)35-17-16-34-23-10-12-24(13-11-23)39-30(31,32)33/h5-6,9-15,18,21,25,34H,2-4,7-8,16-17,19H2,1H3,(H,35,37)(H,36,38)/t25-/m0/s1. The number of aryl methyl sites for hydroxylation is 1. The minimum atomic E-state index is -4.74. The summed E-state index contributed by atoms with van der Waals surface area (Å²) in [5.41, 5.74) is 2.79. The van der Waals surface area contributed by atoms with E-state index < -0.39 is 12.4 Å². The van der Waals surface area contributed by atoms with E-state index in [1.165, 1.54) is 42.0 Å². The highest BCUT2D eigenvalue weighted by Crippen LogP contribution is 2.30. The van der Waals surface area contributed by atoms with Crippen LogP contribution in [-0.2, 0) is 4.79 Å². The second-order valence-electron chi connectivity index (χ2n) is 10.1. The molecule has 1 aliphatic rings. The molecule has 40 heavy (non-hydrogen) atoms. The summed E-state index contributed by atoms with van der Waals surface area (Å²) in [7, 11) is 0. The Morgan fingerprint density at radius 2 is 1.75 bits per heavy atom. The van der Waals surface area contributed by atoms with Crippen LogP contribution >= 0.6 is 11.3 Å². The summed E-state index contributed by atoms with van der Waals surface area (Å²) < 4.78 is 40.9. The van der Waals surface area contributed by atoms with E-state index in [9.17, 15) is 22.8 Å². The van der Waals surface area contributed by atoms with Gasteiger partial charge in [0.1, 0.15) is 11.8 Å². The number of benzene rings is 2. The number of thiophene rings is 1. The van der Waals surface area contributed by atoms with Crippen molar-refractivity contribution >= 4 is 28.8 Å². The molecule has 1 aliphatic carbocycles. The highest BCUT2D eigenvalue weighted by atomic mass is 32.1. The van der Waals surface area contributed by atoms with Crippen LogP contribution in [0.2, 0.25) is 0 Å². The van der Waals surface area contributed by atoms with E-state index in [1.807, 2.05) is 31.2 Å². The molecule has 1 heterocycles. The summed E-state index contributed by atoms with van der Waals surface area (Å²) in [4.78, 5) is 27.9. The van der Waals surface area contributed by atoms with Gasteiger partial charge >= 0.3 is 6.36 Å². The van der Waals surface area contributed by atoms with Crippen molar-refractivity contribution in [3.8, 4) is 16.2 Å². The molecule has 10 heteroatoms. The van der Waals surface area contributed by atoms with Crippen LogP contribution in [0.4, 0.5) is 18.9 Å². The summed E-state index contributed by atoms with van der Waals surface area (Å²) in [6, 6.07) is 16.6. The normalized spacial score (nSPS) is 14.8. The number of rotatable bonds is 11. The second-order valence-corrected chi connectivity index (χ2v) is 11.2. The number of alkyl halides is 3. The second kappa shape index (κ2) is 13.7. The van der Waals surface area contributed by atoms with Crippen LogP contribution in [0.1, 0.15) is 53.8 Å². The predicted molar refractivity (Wildman–Crippen MR) is 152 cm³/mol. The lowest BCUT2D eigenvalue weighted by atomic mass is 9.84. The summed E-state index contributed by atoms with van der Waals surface area (Å²) in [5, 5.41) is 8.93. The van der Waals surface area contributed by atoms with Crippen molar-refractivity contribution in [1.82, 2.24) is 10.6 Å². The Kier molecular flexibility index (Phi) is 10.1. The molecule has 0 spiro atoms. The molecule has 214 valence electrons. The first kappa shape index (κ1) is 29.5. The fraction of sp³-hybridized carbons (Fsp3) is 0.400. The smallest absolute Gasteiger partial charge is 0.406 e. The Morgan fingerprint density at radius 3 is 2.45 bits per heavy atom. The number of carbonyl (C=O) groups excluding carboxylic acids is 2. The molecular weight excluding hydrogens is 539 g/mol. The van der Waals surface area contributed by atoms with Gasteiger partial charge < -0.3 is 20.7 Å². The van der Waals surface area contributed by atoms with E-state index in [1.54, 1.807) is 6.07 Å². The number of hydrogen-bond acceptors (Lipinski definition) is 5. The lowest BCUT2D eigenvalue weighted by molar-refractivity contribution is -0.274. The average molecular weight is 574 g/mol. The molecule has 0 unspecified atom stereocenters. The Balaban J connectivity index is 1.32. The van der Waals surface area contributed by atoms with Crippen molar-refractivity contribution < 1.29 is 27.5 Å². The topological polar surface area (TPSA) is 79.5 Å². The minimum Gasteiger partial charge on any atom is -0.406 e. The lowest BCUT2D eigenvalue weighted by Gasteiger charge is -2.26. The highest BCUT2D eigenvalue weighted by molar-refractivity contribution is 7.17. The SMILES string of the molecule is Cc1cccc(-c2ccc(C(=O)N[C@@H](CC3CCCCC3)C(=O)NCCNc3ccc(OC(F)(F)F)cc3)s2)c1. The first-order chi connectivity index (χ1) is 19.2. The van der Waals surface area contributed by atoms with Crippen molar-refractivity contribution in [2.24, 2.45) is 5.92 Å². The van der Waals surface area contributed by atoms with Gasteiger partial charge in [0, 0.05) is 23.7 Å². The lowest BCUT2D eigenvalue weighted by Crippen LogP contribution is -2.48. The number of ether oxygens (including phenoxy) is 1. The molecule has 2 aromatic carbocycles. The van der Waals surface area contributed by atoms with E-state index in [-0.39, 0.29) is 24.1 Å². The van der Waals surface area contributed by atoms with Crippen LogP contribution in [0.25, 0.3) is 10.4 Å². The summed E-state index contributed by atoms with van der Waals surface area (Å²) in [5.74, 6) is -0.430. The first-order valence-corrected chi connectivity index (χ1v) is 14.3. The van der Waals surface area contributed by atoms with Gasteiger partial charge in [-0.25, -0.2) is 0 Å². The molecule has 1 saturated carbocycles. The van der Waals surface area contributed by atoms with Crippen LogP contribution in [0.3, 0.4) is 0 Å². The maximum absolute atomic E-state index is 13.2. The molecule has 0 bridgehead atoms. The molecule has 1 aromatic heterocycles. The fourth-order valence-corrected chi connectivity index (χ4v) is 5.83. The van der Waals surface area contributed by atoms with Crippen LogP contribution in [-0.4, -0.2) is 37.3 Å². The Hall–Kier alpha value is -3.53. The fourth-order valence-electron chi connectivity index (χ4n) is 4.92. The molecule has 2 amide bonds. The molecule has 0 radical (unpaired) electrons. The van der Waals surface area contributed by atoms with Crippen LogP contribution in [0.15, 0.2) is 60.7 Å². The van der Waals surface area contributed by atoms with E-state index in [2.05, 4.69) is 26.8 Å². The summed E-state index contributed by atoms with van der Waals surface area (Å²) >= 11 is 1.40. The maximum atomic E-state index is 13.2. The van der Waals surface area contributed by atoms with Gasteiger partial charge in [-0.3, -0.25) is 9.59 Å². The van der Waals surface area contributed by atoms with Gasteiger partial charge in [-0.2, -0.15) is 0 Å². The van der Waals surface area contributed by atoms with E-state index in [0.29, 0.717) is 29.4 Å².